The highest BCUT2D eigenvalue weighted by atomic mass is 35.6. The van der Waals surface area contributed by atoms with Gasteiger partial charge in [0.2, 0.25) is 0 Å². The molecule has 0 amide bonds. The number of esters is 1. The van der Waals surface area contributed by atoms with E-state index in [2.05, 4.69) is 34.6 Å². The highest BCUT2D eigenvalue weighted by molar-refractivity contribution is 6.67. The Balaban J connectivity index is 2.00. The van der Waals surface area contributed by atoms with Crippen LogP contribution in [0.15, 0.2) is 0 Å². The minimum atomic E-state index is -1.31. The first-order valence-corrected chi connectivity index (χ1v) is 9.84. The average Bonchev–Trinajstić information content (AvgIpc) is 2.87. The zero-order chi connectivity index (χ0) is 17.6. The standard InChI is InChI=1S/C18H29Cl3O2/c1-10(2)12-7-6-11(3)8-14(12)23-16(22)15-13(17(15,4)5)9-18(19,20)21/h10-15H,6-9H2,1-5H3/t11-,12+,13?,14-,15?/m0/s1. The van der Waals surface area contributed by atoms with Gasteiger partial charge in [-0.3, -0.25) is 4.79 Å². The van der Waals surface area contributed by atoms with Crippen LogP contribution in [0.5, 0.6) is 0 Å². The van der Waals surface area contributed by atoms with Gasteiger partial charge in [0.15, 0.2) is 3.79 Å². The van der Waals surface area contributed by atoms with Gasteiger partial charge in [-0.25, -0.2) is 0 Å². The molecule has 2 saturated carbocycles. The average molecular weight is 384 g/mol. The molecule has 0 radical (unpaired) electrons. The smallest absolute Gasteiger partial charge is 0.310 e. The second-order valence-corrected chi connectivity index (χ2v) is 11.0. The topological polar surface area (TPSA) is 26.3 Å². The first-order valence-electron chi connectivity index (χ1n) is 8.70. The van der Waals surface area contributed by atoms with Crippen molar-refractivity contribution in [3.8, 4) is 0 Å². The molecule has 5 atom stereocenters. The molecule has 0 N–H and O–H groups in total. The second kappa shape index (κ2) is 6.92. The molecule has 23 heavy (non-hydrogen) atoms. The third-order valence-corrected chi connectivity index (χ3v) is 6.45. The van der Waals surface area contributed by atoms with Crippen LogP contribution in [0.1, 0.15) is 60.3 Å². The summed E-state index contributed by atoms with van der Waals surface area (Å²) in [5, 5.41) is 0. The Labute approximate surface area is 155 Å². The van der Waals surface area contributed by atoms with Crippen molar-refractivity contribution in [3.05, 3.63) is 0 Å². The van der Waals surface area contributed by atoms with E-state index in [4.69, 9.17) is 39.5 Å². The van der Waals surface area contributed by atoms with E-state index in [0.717, 1.165) is 12.8 Å². The maximum absolute atomic E-state index is 12.7. The molecule has 5 heteroatoms. The third kappa shape index (κ3) is 4.70. The van der Waals surface area contributed by atoms with Crippen molar-refractivity contribution in [1.29, 1.82) is 0 Å². The Morgan fingerprint density at radius 1 is 1.26 bits per heavy atom. The van der Waals surface area contributed by atoms with Gasteiger partial charge in [-0.1, -0.05) is 75.8 Å². The molecule has 0 aromatic rings. The molecule has 2 rings (SSSR count). The molecule has 2 nitrogen and oxygen atoms in total. The monoisotopic (exact) mass is 382 g/mol. The molecule has 2 fully saturated rings. The first kappa shape index (κ1) is 19.7. The maximum Gasteiger partial charge on any atom is 0.310 e. The van der Waals surface area contributed by atoms with Gasteiger partial charge in [-0.15, -0.1) is 0 Å². The SMILES string of the molecule is CC(C)[C@H]1CC[C@H](C)C[C@@H]1OC(=O)C1C(CC(Cl)(Cl)Cl)C1(C)C. The van der Waals surface area contributed by atoms with Crippen LogP contribution in [-0.2, 0) is 9.53 Å². The van der Waals surface area contributed by atoms with E-state index >= 15 is 0 Å². The van der Waals surface area contributed by atoms with E-state index in [-0.39, 0.29) is 29.3 Å². The Morgan fingerprint density at radius 3 is 2.39 bits per heavy atom. The van der Waals surface area contributed by atoms with Crippen molar-refractivity contribution in [2.75, 3.05) is 0 Å². The number of alkyl halides is 3. The van der Waals surface area contributed by atoms with Crippen LogP contribution in [0, 0.1) is 35.0 Å². The van der Waals surface area contributed by atoms with Crippen LogP contribution in [-0.4, -0.2) is 15.9 Å². The number of halogens is 3. The van der Waals surface area contributed by atoms with Gasteiger partial charge < -0.3 is 4.74 Å². The lowest BCUT2D eigenvalue weighted by molar-refractivity contribution is -0.158. The Kier molecular flexibility index (Phi) is 5.92. The zero-order valence-corrected chi connectivity index (χ0v) is 17.0. The number of carbonyl (C=O) groups is 1. The van der Waals surface area contributed by atoms with Crippen molar-refractivity contribution < 1.29 is 9.53 Å². The molecule has 2 aliphatic carbocycles. The van der Waals surface area contributed by atoms with Gasteiger partial charge in [0.25, 0.3) is 0 Å². The Hall–Kier alpha value is 0.340. The molecule has 0 spiro atoms. The van der Waals surface area contributed by atoms with Gasteiger partial charge in [-0.05, 0) is 48.3 Å². The van der Waals surface area contributed by atoms with Gasteiger partial charge in [0.05, 0.1) is 5.92 Å². The lowest BCUT2D eigenvalue weighted by atomic mass is 9.75. The summed E-state index contributed by atoms with van der Waals surface area (Å²) in [6.45, 7) is 10.8. The Morgan fingerprint density at radius 2 is 1.87 bits per heavy atom. The predicted molar refractivity (Wildman–Crippen MR) is 96.9 cm³/mol. The number of carbonyl (C=O) groups excluding carboxylic acids is 1. The van der Waals surface area contributed by atoms with Crippen molar-refractivity contribution in [1.82, 2.24) is 0 Å². The van der Waals surface area contributed by atoms with Gasteiger partial charge in [-0.2, -0.15) is 0 Å². The van der Waals surface area contributed by atoms with Crippen LogP contribution in [0.4, 0.5) is 0 Å². The van der Waals surface area contributed by atoms with Crippen LogP contribution in [0.2, 0.25) is 0 Å². The summed E-state index contributed by atoms with van der Waals surface area (Å²) in [5.74, 6) is 1.45. The highest BCUT2D eigenvalue weighted by Gasteiger charge is 2.64. The molecule has 0 aliphatic heterocycles. The number of hydrogen-bond acceptors (Lipinski definition) is 2. The molecule has 0 aromatic carbocycles. The lowest BCUT2D eigenvalue weighted by Gasteiger charge is -2.36. The van der Waals surface area contributed by atoms with Crippen molar-refractivity contribution in [2.24, 2.45) is 35.0 Å². The molecule has 2 unspecified atom stereocenters. The molecule has 0 saturated heterocycles. The van der Waals surface area contributed by atoms with Crippen molar-refractivity contribution >= 4 is 40.8 Å². The largest absolute Gasteiger partial charge is 0.462 e. The molecular weight excluding hydrogens is 355 g/mol. The van der Waals surface area contributed by atoms with E-state index in [1.807, 2.05) is 0 Å². The minimum absolute atomic E-state index is 0.0380. The minimum Gasteiger partial charge on any atom is -0.462 e. The predicted octanol–water partition coefficient (Wildman–Crippen LogP) is 6.02. The van der Waals surface area contributed by atoms with Crippen LogP contribution in [0.25, 0.3) is 0 Å². The summed E-state index contributed by atoms with van der Waals surface area (Å²) < 4.78 is 4.66. The fraction of sp³-hybridized carbons (Fsp3) is 0.944. The summed E-state index contributed by atoms with van der Waals surface area (Å²) in [7, 11) is 0. The van der Waals surface area contributed by atoms with Gasteiger partial charge in [0.1, 0.15) is 6.10 Å². The highest BCUT2D eigenvalue weighted by Crippen LogP contribution is 2.63. The summed E-state index contributed by atoms with van der Waals surface area (Å²) in [6, 6.07) is 0. The zero-order valence-electron chi connectivity index (χ0n) is 14.7. The molecular formula is C18H29Cl3O2. The quantitative estimate of drug-likeness (QED) is 0.438. The summed E-state index contributed by atoms with van der Waals surface area (Å²) in [4.78, 5) is 12.7. The lowest BCUT2D eigenvalue weighted by Crippen LogP contribution is -2.36. The van der Waals surface area contributed by atoms with Gasteiger partial charge >= 0.3 is 5.97 Å². The Bertz CT molecular complexity index is 442. The number of rotatable bonds is 4. The maximum atomic E-state index is 12.7. The normalized spacial score (nSPS) is 36.8. The van der Waals surface area contributed by atoms with Crippen LogP contribution in [0.3, 0.4) is 0 Å². The first-order chi connectivity index (χ1) is 10.4. The van der Waals surface area contributed by atoms with E-state index < -0.39 is 3.79 Å². The van der Waals surface area contributed by atoms with E-state index in [1.54, 1.807) is 0 Å². The summed E-state index contributed by atoms with van der Waals surface area (Å²) in [6.07, 6.45) is 3.77. The van der Waals surface area contributed by atoms with E-state index in [9.17, 15) is 4.79 Å². The molecule has 2 aliphatic rings. The van der Waals surface area contributed by atoms with Crippen LogP contribution >= 0.6 is 34.8 Å². The summed E-state index contributed by atoms with van der Waals surface area (Å²) in [5.41, 5.74) is -0.144. The molecule has 0 bridgehead atoms. The van der Waals surface area contributed by atoms with Gasteiger partial charge in [0, 0.05) is 0 Å². The fourth-order valence-electron chi connectivity index (χ4n) is 4.32. The van der Waals surface area contributed by atoms with Crippen molar-refractivity contribution in [2.45, 2.75) is 70.2 Å². The van der Waals surface area contributed by atoms with Crippen LogP contribution < -0.4 is 0 Å². The second-order valence-electron chi connectivity index (χ2n) is 8.53. The fourth-order valence-corrected chi connectivity index (χ4v) is 4.81. The molecule has 0 heterocycles. The van der Waals surface area contributed by atoms with E-state index in [0.29, 0.717) is 24.2 Å². The summed E-state index contributed by atoms with van der Waals surface area (Å²) >= 11 is 17.8. The number of hydrogen-bond donors (Lipinski definition) is 0. The van der Waals surface area contributed by atoms with Crippen molar-refractivity contribution in [3.63, 3.8) is 0 Å². The molecule has 134 valence electrons. The van der Waals surface area contributed by atoms with E-state index in [1.165, 1.54) is 6.42 Å². The third-order valence-electron chi connectivity index (χ3n) is 5.98. The molecule has 0 aromatic heterocycles. The number of ether oxygens (including phenoxy) is 1.